The minimum Gasteiger partial charge on any atom is -0.465 e. The second kappa shape index (κ2) is 5.45. The molecule has 0 bridgehead atoms. The highest BCUT2D eigenvalue weighted by atomic mass is 16.4. The molecule has 0 aromatic carbocycles. The van der Waals surface area contributed by atoms with Gasteiger partial charge in [0.2, 0.25) is 5.91 Å². The van der Waals surface area contributed by atoms with Gasteiger partial charge in [0.05, 0.1) is 5.92 Å². The van der Waals surface area contributed by atoms with Crippen molar-refractivity contribution in [3.63, 3.8) is 0 Å². The van der Waals surface area contributed by atoms with E-state index >= 15 is 0 Å². The summed E-state index contributed by atoms with van der Waals surface area (Å²) < 4.78 is 0. The SMILES string of the molecule is NC(C(C=O)NC(=O)O)[C@@H]1CCCNC1=O. The number of hydrogen-bond donors (Lipinski definition) is 4. The lowest BCUT2D eigenvalue weighted by atomic mass is 9.87. The van der Waals surface area contributed by atoms with Gasteiger partial charge >= 0.3 is 6.09 Å². The van der Waals surface area contributed by atoms with E-state index in [0.29, 0.717) is 19.3 Å². The van der Waals surface area contributed by atoms with E-state index in [4.69, 9.17) is 10.8 Å². The summed E-state index contributed by atoms with van der Waals surface area (Å²) in [5.41, 5.74) is 5.72. The minimum atomic E-state index is -1.33. The average Bonchev–Trinajstić information content (AvgIpc) is 2.25. The molecular formula is C9H15N3O4. The smallest absolute Gasteiger partial charge is 0.405 e. The first-order valence-corrected chi connectivity index (χ1v) is 5.04. The molecule has 2 amide bonds. The Morgan fingerprint density at radius 1 is 1.69 bits per heavy atom. The van der Waals surface area contributed by atoms with E-state index < -0.39 is 24.1 Å². The number of aldehydes is 1. The molecule has 3 atom stereocenters. The van der Waals surface area contributed by atoms with E-state index in [1.165, 1.54) is 0 Å². The third-order valence-corrected chi connectivity index (χ3v) is 2.64. The number of carboxylic acid groups (broad SMARTS) is 1. The lowest BCUT2D eigenvalue weighted by molar-refractivity contribution is -0.127. The Labute approximate surface area is 92.4 Å². The van der Waals surface area contributed by atoms with Crippen LogP contribution in [0.4, 0.5) is 4.79 Å². The number of rotatable bonds is 4. The molecule has 16 heavy (non-hydrogen) atoms. The summed E-state index contributed by atoms with van der Waals surface area (Å²) >= 11 is 0. The number of carbonyl (C=O) groups is 3. The van der Waals surface area contributed by atoms with Gasteiger partial charge in [-0.05, 0) is 12.8 Å². The Morgan fingerprint density at radius 3 is 2.88 bits per heavy atom. The maximum atomic E-state index is 11.5. The number of amides is 2. The fraction of sp³-hybridized carbons (Fsp3) is 0.667. The van der Waals surface area contributed by atoms with Gasteiger partial charge in [-0.15, -0.1) is 0 Å². The van der Waals surface area contributed by atoms with Crippen molar-refractivity contribution in [1.82, 2.24) is 10.6 Å². The molecule has 2 unspecified atom stereocenters. The lowest BCUT2D eigenvalue weighted by Gasteiger charge is -2.29. The zero-order valence-corrected chi connectivity index (χ0v) is 8.68. The Morgan fingerprint density at radius 2 is 2.38 bits per heavy atom. The van der Waals surface area contributed by atoms with Gasteiger partial charge in [0.15, 0.2) is 0 Å². The molecular weight excluding hydrogens is 214 g/mol. The Hall–Kier alpha value is -1.63. The van der Waals surface area contributed by atoms with Gasteiger partial charge in [-0.1, -0.05) is 0 Å². The van der Waals surface area contributed by atoms with Crippen molar-refractivity contribution in [3.05, 3.63) is 0 Å². The van der Waals surface area contributed by atoms with Crippen molar-refractivity contribution in [2.45, 2.75) is 24.9 Å². The van der Waals surface area contributed by atoms with E-state index in [9.17, 15) is 14.4 Å². The number of nitrogens with one attached hydrogen (secondary N) is 2. The Bertz CT molecular complexity index is 294. The van der Waals surface area contributed by atoms with Crippen molar-refractivity contribution in [1.29, 1.82) is 0 Å². The molecule has 1 aliphatic rings. The number of carbonyl (C=O) groups excluding carboxylic acids is 2. The fourth-order valence-corrected chi connectivity index (χ4v) is 1.78. The Kier molecular flexibility index (Phi) is 4.24. The highest BCUT2D eigenvalue weighted by molar-refractivity contribution is 5.81. The largest absolute Gasteiger partial charge is 0.465 e. The number of nitrogens with two attached hydrogens (primary N) is 1. The maximum Gasteiger partial charge on any atom is 0.405 e. The van der Waals surface area contributed by atoms with Crippen LogP contribution in [-0.4, -0.2) is 42.0 Å². The molecule has 0 saturated carbocycles. The highest BCUT2D eigenvalue weighted by Crippen LogP contribution is 2.16. The third-order valence-electron chi connectivity index (χ3n) is 2.64. The van der Waals surface area contributed by atoms with Gasteiger partial charge in [-0.25, -0.2) is 4.79 Å². The van der Waals surface area contributed by atoms with Crippen LogP contribution in [0.5, 0.6) is 0 Å². The summed E-state index contributed by atoms with van der Waals surface area (Å²) in [6, 6.07) is -1.87. The third kappa shape index (κ3) is 2.93. The molecule has 7 heteroatoms. The van der Waals surface area contributed by atoms with Crippen LogP contribution in [0.2, 0.25) is 0 Å². The van der Waals surface area contributed by atoms with Gasteiger partial charge in [0, 0.05) is 12.6 Å². The van der Waals surface area contributed by atoms with Crippen LogP contribution in [0.3, 0.4) is 0 Å². The van der Waals surface area contributed by atoms with Crippen LogP contribution in [0.1, 0.15) is 12.8 Å². The summed E-state index contributed by atoms with van der Waals surface area (Å²) in [6.07, 6.45) is 0.436. The molecule has 1 fully saturated rings. The predicted molar refractivity (Wildman–Crippen MR) is 54.7 cm³/mol. The first-order chi connectivity index (χ1) is 7.56. The maximum absolute atomic E-state index is 11.5. The van der Waals surface area contributed by atoms with Crippen molar-refractivity contribution in [3.8, 4) is 0 Å². The second-order valence-corrected chi connectivity index (χ2v) is 3.73. The lowest BCUT2D eigenvalue weighted by Crippen LogP contribution is -2.56. The molecule has 5 N–H and O–H groups in total. The zero-order chi connectivity index (χ0) is 12.1. The molecule has 0 radical (unpaired) electrons. The Balaban J connectivity index is 2.65. The van der Waals surface area contributed by atoms with Crippen LogP contribution in [0.15, 0.2) is 0 Å². The molecule has 7 nitrogen and oxygen atoms in total. The van der Waals surface area contributed by atoms with Gasteiger partial charge < -0.3 is 26.3 Å². The van der Waals surface area contributed by atoms with E-state index in [2.05, 4.69) is 5.32 Å². The molecule has 1 rings (SSSR count). The monoisotopic (exact) mass is 229 g/mol. The molecule has 0 aliphatic carbocycles. The van der Waals surface area contributed by atoms with Gasteiger partial charge in [0.25, 0.3) is 0 Å². The first kappa shape index (κ1) is 12.4. The summed E-state index contributed by atoms with van der Waals surface area (Å²) in [7, 11) is 0. The van der Waals surface area contributed by atoms with Crippen LogP contribution in [-0.2, 0) is 9.59 Å². The van der Waals surface area contributed by atoms with E-state index in [1.807, 2.05) is 5.32 Å². The van der Waals surface area contributed by atoms with Crippen LogP contribution < -0.4 is 16.4 Å². The van der Waals surface area contributed by atoms with Gasteiger partial charge in [0.1, 0.15) is 12.3 Å². The average molecular weight is 229 g/mol. The normalized spacial score (nSPS) is 24.1. The summed E-state index contributed by atoms with van der Waals surface area (Å²) in [4.78, 5) is 32.6. The second-order valence-electron chi connectivity index (χ2n) is 3.73. The molecule has 0 spiro atoms. The highest BCUT2D eigenvalue weighted by Gasteiger charge is 2.33. The molecule has 1 aliphatic heterocycles. The first-order valence-electron chi connectivity index (χ1n) is 5.04. The quantitative estimate of drug-likeness (QED) is 0.445. The molecule has 1 saturated heterocycles. The summed E-state index contributed by atoms with van der Waals surface area (Å²) in [6.45, 7) is 0.597. The van der Waals surface area contributed by atoms with Crippen LogP contribution in [0, 0.1) is 5.92 Å². The van der Waals surface area contributed by atoms with E-state index in [1.54, 1.807) is 0 Å². The molecule has 1 heterocycles. The van der Waals surface area contributed by atoms with E-state index in [-0.39, 0.29) is 5.91 Å². The van der Waals surface area contributed by atoms with Crippen molar-refractivity contribution in [2.75, 3.05) is 6.54 Å². The molecule has 0 aromatic rings. The summed E-state index contributed by atoms with van der Waals surface area (Å²) in [5, 5.41) is 13.1. The molecule has 90 valence electrons. The van der Waals surface area contributed by atoms with Gasteiger partial charge in [-0.3, -0.25) is 4.79 Å². The van der Waals surface area contributed by atoms with E-state index in [0.717, 1.165) is 6.42 Å². The van der Waals surface area contributed by atoms with Crippen molar-refractivity contribution >= 4 is 18.3 Å². The van der Waals surface area contributed by atoms with Gasteiger partial charge in [-0.2, -0.15) is 0 Å². The minimum absolute atomic E-state index is 0.224. The van der Waals surface area contributed by atoms with Crippen LogP contribution >= 0.6 is 0 Å². The molecule has 0 aromatic heterocycles. The van der Waals surface area contributed by atoms with Crippen molar-refractivity contribution in [2.24, 2.45) is 11.7 Å². The van der Waals surface area contributed by atoms with Crippen LogP contribution in [0.25, 0.3) is 0 Å². The number of hydrogen-bond acceptors (Lipinski definition) is 4. The summed E-state index contributed by atoms with van der Waals surface area (Å²) in [5.74, 6) is -0.742. The predicted octanol–water partition coefficient (Wildman–Crippen LogP) is -1.32. The standard InChI is InChI=1S/C9H15N3O4/c10-7(6(4-13)12-9(15)16)5-2-1-3-11-8(5)14/h4-7,12H,1-3,10H2,(H,11,14)(H,15,16)/t5-,6?,7?/m0/s1. The topological polar surface area (TPSA) is 122 Å². The number of piperidine rings is 1. The fourth-order valence-electron chi connectivity index (χ4n) is 1.78. The van der Waals surface area contributed by atoms with Crippen molar-refractivity contribution < 1.29 is 19.5 Å². The zero-order valence-electron chi connectivity index (χ0n) is 8.68.